The summed E-state index contributed by atoms with van der Waals surface area (Å²) in [6.45, 7) is 3.44. The van der Waals surface area contributed by atoms with E-state index in [9.17, 15) is 0 Å². The first kappa shape index (κ1) is 20.7. The number of aromatic nitrogens is 3. The number of hydrogen-bond acceptors (Lipinski definition) is 7. The van der Waals surface area contributed by atoms with Crippen molar-refractivity contribution in [1.82, 2.24) is 15.0 Å². The molecule has 7 nitrogen and oxygen atoms in total. The summed E-state index contributed by atoms with van der Waals surface area (Å²) in [4.78, 5) is 16.4. The number of hydrogen-bond donors (Lipinski definition) is 2. The number of nitrogens with zero attached hydrogens (tertiary/aromatic N) is 4. The number of nitrogens with one attached hydrogen (secondary N) is 2. The van der Waals surface area contributed by atoms with Crippen LogP contribution >= 0.6 is 0 Å². The maximum atomic E-state index is 5.46. The van der Waals surface area contributed by atoms with E-state index in [0.29, 0.717) is 12.0 Å². The molecular weight excluding hydrogens is 400 g/mol. The Labute approximate surface area is 189 Å². The lowest BCUT2D eigenvalue weighted by Gasteiger charge is -2.29. The first-order valence-electron chi connectivity index (χ1n) is 11.6. The highest BCUT2D eigenvalue weighted by Gasteiger charge is 2.16. The van der Waals surface area contributed by atoms with Gasteiger partial charge in [0.05, 0.1) is 24.6 Å². The Hall–Kier alpha value is -3.19. The highest BCUT2D eigenvalue weighted by atomic mass is 16.5. The average molecular weight is 431 g/mol. The Bertz CT molecular complexity index is 999. The molecule has 0 radical (unpaired) electrons. The Balaban J connectivity index is 1.37. The number of ether oxygens (including phenoxy) is 1. The van der Waals surface area contributed by atoms with Crippen LogP contribution in [0, 0.1) is 0 Å². The van der Waals surface area contributed by atoms with Crippen molar-refractivity contribution in [1.29, 1.82) is 0 Å². The van der Waals surface area contributed by atoms with Crippen molar-refractivity contribution in [2.24, 2.45) is 0 Å². The molecule has 0 atom stereocenters. The number of rotatable bonds is 6. The van der Waals surface area contributed by atoms with E-state index in [1.807, 2.05) is 24.3 Å². The molecule has 3 aromatic rings. The zero-order valence-corrected chi connectivity index (χ0v) is 18.3. The molecule has 0 amide bonds. The highest BCUT2D eigenvalue weighted by Crippen LogP contribution is 2.26. The lowest BCUT2D eigenvalue weighted by atomic mass is 9.96. The quantitative estimate of drug-likeness (QED) is 0.578. The molecule has 166 valence electrons. The van der Waals surface area contributed by atoms with Gasteiger partial charge in [0.15, 0.2) is 0 Å². The standard InChI is InChI=1S/C25H30N6O/c1-2-6-19(7-3-1)28-25-29-23(22-8-4-5-13-26-22)18-24(30-25)27-20-9-11-21(12-10-20)31-14-16-32-17-15-31/h4-5,8-13,18-19H,1-3,6-7,14-17H2,(H2,27,28,29,30). The van der Waals surface area contributed by atoms with E-state index < -0.39 is 0 Å². The van der Waals surface area contributed by atoms with Gasteiger partial charge in [-0.05, 0) is 49.2 Å². The molecule has 0 bridgehead atoms. The van der Waals surface area contributed by atoms with Gasteiger partial charge in [0.1, 0.15) is 5.82 Å². The average Bonchev–Trinajstić information content (AvgIpc) is 2.86. The third-order valence-electron chi connectivity index (χ3n) is 6.11. The maximum absolute atomic E-state index is 5.46. The third kappa shape index (κ3) is 5.16. The molecule has 32 heavy (non-hydrogen) atoms. The Morgan fingerprint density at radius 2 is 1.69 bits per heavy atom. The summed E-state index contributed by atoms with van der Waals surface area (Å²) >= 11 is 0. The molecule has 1 saturated carbocycles. The van der Waals surface area contributed by atoms with Crippen LogP contribution in [0.25, 0.3) is 11.4 Å². The molecule has 0 spiro atoms. The van der Waals surface area contributed by atoms with Crippen LogP contribution in [0.5, 0.6) is 0 Å². The van der Waals surface area contributed by atoms with Crippen LogP contribution in [0.3, 0.4) is 0 Å². The fraction of sp³-hybridized carbons (Fsp3) is 0.400. The molecule has 2 N–H and O–H groups in total. The molecule has 5 rings (SSSR count). The minimum atomic E-state index is 0.434. The predicted octanol–water partition coefficient (Wildman–Crippen LogP) is 4.86. The number of benzene rings is 1. The summed E-state index contributed by atoms with van der Waals surface area (Å²) in [7, 11) is 0. The molecule has 1 aliphatic carbocycles. The van der Waals surface area contributed by atoms with Crippen molar-refractivity contribution < 1.29 is 4.74 Å². The second-order valence-electron chi connectivity index (χ2n) is 8.43. The van der Waals surface area contributed by atoms with Gasteiger partial charge in [-0.15, -0.1) is 0 Å². The topological polar surface area (TPSA) is 75.2 Å². The molecule has 1 aromatic carbocycles. The van der Waals surface area contributed by atoms with E-state index in [1.165, 1.54) is 37.8 Å². The molecule has 1 aliphatic heterocycles. The van der Waals surface area contributed by atoms with Gasteiger partial charge in [0, 0.05) is 42.8 Å². The summed E-state index contributed by atoms with van der Waals surface area (Å²) in [5.41, 5.74) is 3.87. The predicted molar refractivity (Wildman–Crippen MR) is 129 cm³/mol. The monoisotopic (exact) mass is 430 g/mol. The second kappa shape index (κ2) is 9.96. The zero-order chi connectivity index (χ0) is 21.6. The largest absolute Gasteiger partial charge is 0.378 e. The van der Waals surface area contributed by atoms with E-state index in [4.69, 9.17) is 14.7 Å². The van der Waals surface area contributed by atoms with Crippen molar-refractivity contribution in [2.45, 2.75) is 38.1 Å². The van der Waals surface area contributed by atoms with Gasteiger partial charge in [-0.25, -0.2) is 4.98 Å². The highest BCUT2D eigenvalue weighted by molar-refractivity contribution is 5.66. The lowest BCUT2D eigenvalue weighted by Crippen LogP contribution is -2.36. The SMILES string of the molecule is c1ccc(-c2cc(Nc3ccc(N4CCOCC4)cc3)nc(NC3CCCCC3)n2)nc1. The Morgan fingerprint density at radius 1 is 0.875 bits per heavy atom. The number of morpholine rings is 1. The fourth-order valence-electron chi connectivity index (χ4n) is 4.38. The van der Waals surface area contributed by atoms with E-state index >= 15 is 0 Å². The molecule has 2 fully saturated rings. The molecular formula is C25H30N6O. The van der Waals surface area contributed by atoms with Crippen LogP contribution in [0.4, 0.5) is 23.1 Å². The first-order chi connectivity index (χ1) is 15.8. The van der Waals surface area contributed by atoms with Crippen molar-refractivity contribution in [3.05, 3.63) is 54.7 Å². The van der Waals surface area contributed by atoms with Gasteiger partial charge in [-0.2, -0.15) is 4.98 Å². The van der Waals surface area contributed by atoms with E-state index in [-0.39, 0.29) is 0 Å². The van der Waals surface area contributed by atoms with E-state index in [0.717, 1.165) is 49.2 Å². The Kier molecular flexibility index (Phi) is 6.44. The van der Waals surface area contributed by atoms with Crippen LogP contribution in [0.2, 0.25) is 0 Å². The van der Waals surface area contributed by atoms with Gasteiger partial charge < -0.3 is 20.3 Å². The van der Waals surface area contributed by atoms with Gasteiger partial charge >= 0.3 is 0 Å². The van der Waals surface area contributed by atoms with Crippen LogP contribution in [-0.2, 0) is 4.74 Å². The van der Waals surface area contributed by atoms with Crippen LogP contribution in [-0.4, -0.2) is 47.3 Å². The maximum Gasteiger partial charge on any atom is 0.225 e. The minimum Gasteiger partial charge on any atom is -0.378 e. The molecule has 0 unspecified atom stereocenters. The minimum absolute atomic E-state index is 0.434. The van der Waals surface area contributed by atoms with Crippen LogP contribution in [0.1, 0.15) is 32.1 Å². The molecule has 7 heteroatoms. The third-order valence-corrected chi connectivity index (χ3v) is 6.11. The van der Waals surface area contributed by atoms with Crippen molar-refractivity contribution >= 4 is 23.1 Å². The normalized spacial score (nSPS) is 17.2. The van der Waals surface area contributed by atoms with Gasteiger partial charge in [-0.1, -0.05) is 25.3 Å². The van der Waals surface area contributed by atoms with E-state index in [2.05, 4.69) is 44.8 Å². The Morgan fingerprint density at radius 3 is 2.44 bits per heavy atom. The van der Waals surface area contributed by atoms with Crippen LogP contribution in [0.15, 0.2) is 54.7 Å². The zero-order valence-electron chi connectivity index (χ0n) is 18.3. The smallest absolute Gasteiger partial charge is 0.225 e. The number of pyridine rings is 1. The summed E-state index contributed by atoms with van der Waals surface area (Å²) in [6, 6.07) is 16.8. The van der Waals surface area contributed by atoms with Crippen LogP contribution < -0.4 is 15.5 Å². The summed E-state index contributed by atoms with van der Waals surface area (Å²) < 4.78 is 5.46. The van der Waals surface area contributed by atoms with Gasteiger partial charge in [0.25, 0.3) is 0 Å². The van der Waals surface area contributed by atoms with Crippen molar-refractivity contribution in [2.75, 3.05) is 41.8 Å². The van der Waals surface area contributed by atoms with Gasteiger partial charge in [-0.3, -0.25) is 4.98 Å². The lowest BCUT2D eigenvalue weighted by molar-refractivity contribution is 0.122. The fourth-order valence-corrected chi connectivity index (χ4v) is 4.38. The first-order valence-corrected chi connectivity index (χ1v) is 11.6. The van der Waals surface area contributed by atoms with Crippen molar-refractivity contribution in [3.63, 3.8) is 0 Å². The summed E-state index contributed by atoms with van der Waals surface area (Å²) in [6.07, 6.45) is 7.98. The van der Waals surface area contributed by atoms with Gasteiger partial charge in [0.2, 0.25) is 5.95 Å². The molecule has 2 aliphatic rings. The summed E-state index contributed by atoms with van der Waals surface area (Å²) in [5, 5.41) is 7.02. The molecule has 3 heterocycles. The molecule has 2 aromatic heterocycles. The molecule has 1 saturated heterocycles. The second-order valence-corrected chi connectivity index (χ2v) is 8.43. The summed E-state index contributed by atoms with van der Waals surface area (Å²) in [5.74, 6) is 1.42. The van der Waals surface area contributed by atoms with Crippen molar-refractivity contribution in [3.8, 4) is 11.4 Å². The number of anilines is 4. The van der Waals surface area contributed by atoms with E-state index in [1.54, 1.807) is 6.20 Å².